The van der Waals surface area contributed by atoms with Crippen LogP contribution in [0.2, 0.25) is 0 Å². The number of benzene rings is 4. The van der Waals surface area contributed by atoms with E-state index < -0.39 is 0 Å². The Morgan fingerprint density at radius 2 is 1.44 bits per heavy atom. The van der Waals surface area contributed by atoms with Gasteiger partial charge < -0.3 is 5.32 Å². The Morgan fingerprint density at radius 1 is 0.852 bits per heavy atom. The van der Waals surface area contributed by atoms with Crippen LogP contribution in [-0.2, 0) is 0 Å². The lowest BCUT2D eigenvalue weighted by molar-refractivity contribution is 0.252. The number of para-hydroxylation sites is 1. The molecule has 0 fully saturated rings. The average molecular weight is 353 g/mol. The SMILES string of the molecule is Cc1ccccc1NC(=O)NN=Cc1c2ccccc2cc2ccccc12. The minimum absolute atomic E-state index is 0.370. The lowest BCUT2D eigenvalue weighted by Gasteiger charge is -2.09. The largest absolute Gasteiger partial charge is 0.339 e. The van der Waals surface area contributed by atoms with Crippen molar-refractivity contribution in [3.8, 4) is 0 Å². The summed E-state index contributed by atoms with van der Waals surface area (Å²) < 4.78 is 0. The second kappa shape index (κ2) is 7.30. The highest BCUT2D eigenvalue weighted by atomic mass is 16.2. The van der Waals surface area contributed by atoms with Gasteiger partial charge in [-0.05, 0) is 46.2 Å². The first-order chi connectivity index (χ1) is 13.2. The molecule has 4 heteroatoms. The molecule has 0 spiro atoms. The number of carbonyl (C=O) groups is 1. The van der Waals surface area contributed by atoms with E-state index in [1.54, 1.807) is 6.21 Å². The monoisotopic (exact) mass is 353 g/mol. The quantitative estimate of drug-likeness (QED) is 0.287. The molecule has 0 bridgehead atoms. The molecule has 0 aliphatic heterocycles. The molecule has 0 saturated carbocycles. The molecule has 0 unspecified atom stereocenters. The maximum atomic E-state index is 12.1. The Kier molecular flexibility index (Phi) is 4.54. The van der Waals surface area contributed by atoms with Crippen molar-refractivity contribution in [3.05, 3.63) is 90.0 Å². The number of urea groups is 1. The molecule has 27 heavy (non-hydrogen) atoms. The predicted octanol–water partition coefficient (Wildman–Crippen LogP) is 5.46. The van der Waals surface area contributed by atoms with E-state index in [2.05, 4.69) is 46.2 Å². The second-order valence-corrected chi connectivity index (χ2v) is 6.37. The molecule has 0 heterocycles. The highest BCUT2D eigenvalue weighted by Gasteiger charge is 2.06. The molecule has 4 aromatic rings. The normalized spacial score (nSPS) is 11.1. The van der Waals surface area contributed by atoms with Gasteiger partial charge in [-0.15, -0.1) is 0 Å². The minimum Gasteiger partial charge on any atom is -0.306 e. The van der Waals surface area contributed by atoms with Gasteiger partial charge in [0.25, 0.3) is 0 Å². The summed E-state index contributed by atoms with van der Waals surface area (Å²) in [6.45, 7) is 1.95. The molecule has 0 saturated heterocycles. The van der Waals surface area contributed by atoms with E-state index in [-0.39, 0.29) is 6.03 Å². The van der Waals surface area contributed by atoms with E-state index in [1.807, 2.05) is 55.5 Å². The zero-order valence-electron chi connectivity index (χ0n) is 14.9. The van der Waals surface area contributed by atoms with Crippen molar-refractivity contribution >= 4 is 39.5 Å². The number of amides is 2. The number of nitrogens with one attached hydrogen (secondary N) is 2. The van der Waals surface area contributed by atoms with Crippen LogP contribution in [0.1, 0.15) is 11.1 Å². The van der Waals surface area contributed by atoms with Gasteiger partial charge in [0.2, 0.25) is 0 Å². The first kappa shape index (κ1) is 16.8. The summed E-state index contributed by atoms with van der Waals surface area (Å²) in [5.74, 6) is 0. The van der Waals surface area contributed by atoms with Gasteiger partial charge in [0.1, 0.15) is 0 Å². The number of hydrogen-bond donors (Lipinski definition) is 2. The van der Waals surface area contributed by atoms with E-state index in [1.165, 1.54) is 0 Å². The average Bonchev–Trinajstić information content (AvgIpc) is 2.69. The third-order valence-electron chi connectivity index (χ3n) is 4.57. The third-order valence-corrected chi connectivity index (χ3v) is 4.57. The molecule has 4 rings (SSSR count). The van der Waals surface area contributed by atoms with Crippen LogP contribution in [0.25, 0.3) is 21.5 Å². The summed E-state index contributed by atoms with van der Waals surface area (Å²) in [5, 5.41) is 11.5. The molecule has 0 radical (unpaired) electrons. The van der Waals surface area contributed by atoms with Crippen molar-refractivity contribution in [2.75, 3.05) is 5.32 Å². The molecule has 2 N–H and O–H groups in total. The number of hydrogen-bond acceptors (Lipinski definition) is 2. The van der Waals surface area contributed by atoms with Crippen molar-refractivity contribution in [1.82, 2.24) is 5.43 Å². The van der Waals surface area contributed by atoms with Gasteiger partial charge in [-0.3, -0.25) is 0 Å². The van der Waals surface area contributed by atoms with Gasteiger partial charge in [-0.2, -0.15) is 5.10 Å². The molecular formula is C23H19N3O. The second-order valence-electron chi connectivity index (χ2n) is 6.37. The summed E-state index contributed by atoms with van der Waals surface area (Å²) in [6.07, 6.45) is 1.71. The summed E-state index contributed by atoms with van der Waals surface area (Å²) in [5.41, 5.74) is 5.30. The zero-order valence-corrected chi connectivity index (χ0v) is 14.9. The van der Waals surface area contributed by atoms with Crippen LogP contribution in [0.5, 0.6) is 0 Å². The molecular weight excluding hydrogens is 334 g/mol. The van der Waals surface area contributed by atoms with Crippen LogP contribution < -0.4 is 10.7 Å². The summed E-state index contributed by atoms with van der Waals surface area (Å²) >= 11 is 0. The van der Waals surface area contributed by atoms with Crippen LogP contribution in [-0.4, -0.2) is 12.2 Å². The van der Waals surface area contributed by atoms with Crippen molar-refractivity contribution in [3.63, 3.8) is 0 Å². The number of nitrogens with zero attached hydrogens (tertiary/aromatic N) is 1. The number of carbonyl (C=O) groups excluding carboxylic acids is 1. The molecule has 4 nitrogen and oxygen atoms in total. The molecule has 0 aromatic heterocycles. The summed E-state index contributed by atoms with van der Waals surface area (Å²) in [6, 6.07) is 25.8. The maximum Gasteiger partial charge on any atom is 0.339 e. The number of hydrazone groups is 1. The first-order valence-corrected chi connectivity index (χ1v) is 8.78. The Balaban J connectivity index is 1.62. The van der Waals surface area contributed by atoms with Crippen LogP contribution in [0.3, 0.4) is 0 Å². The van der Waals surface area contributed by atoms with Crippen molar-refractivity contribution in [1.29, 1.82) is 0 Å². The fraction of sp³-hybridized carbons (Fsp3) is 0.0435. The predicted molar refractivity (Wildman–Crippen MR) is 112 cm³/mol. The van der Waals surface area contributed by atoms with Gasteiger partial charge in [-0.25, -0.2) is 10.2 Å². The topological polar surface area (TPSA) is 53.5 Å². The van der Waals surface area contributed by atoms with Crippen molar-refractivity contribution in [2.45, 2.75) is 6.92 Å². The Morgan fingerprint density at radius 3 is 2.11 bits per heavy atom. The smallest absolute Gasteiger partial charge is 0.306 e. The molecule has 0 aliphatic rings. The van der Waals surface area contributed by atoms with Gasteiger partial charge in [-0.1, -0.05) is 66.7 Å². The molecule has 2 amide bonds. The van der Waals surface area contributed by atoms with E-state index in [4.69, 9.17) is 0 Å². The van der Waals surface area contributed by atoms with E-state index >= 15 is 0 Å². The number of fused-ring (bicyclic) bond motifs is 2. The van der Waals surface area contributed by atoms with E-state index in [0.717, 1.165) is 38.4 Å². The maximum absolute atomic E-state index is 12.1. The summed E-state index contributed by atoms with van der Waals surface area (Å²) in [7, 11) is 0. The number of anilines is 1. The van der Waals surface area contributed by atoms with Gasteiger partial charge in [0.05, 0.1) is 6.21 Å². The Bertz CT molecular complexity index is 1110. The highest BCUT2D eigenvalue weighted by molar-refractivity contribution is 6.13. The third kappa shape index (κ3) is 3.51. The van der Waals surface area contributed by atoms with Crippen LogP contribution in [0.4, 0.5) is 10.5 Å². The molecule has 0 atom stereocenters. The molecule has 4 aromatic carbocycles. The standard InChI is InChI=1S/C23H19N3O/c1-16-8-2-7-13-22(16)25-23(27)26-24-15-21-19-11-5-3-9-17(19)14-18-10-4-6-12-20(18)21/h2-15H,1H3,(H2,25,26,27). The molecule has 0 aliphatic carbocycles. The zero-order chi connectivity index (χ0) is 18.6. The number of aryl methyl sites for hydroxylation is 1. The summed E-state index contributed by atoms with van der Waals surface area (Å²) in [4.78, 5) is 12.1. The fourth-order valence-corrected chi connectivity index (χ4v) is 3.21. The Labute approximate surface area is 157 Å². The van der Waals surface area contributed by atoms with Crippen LogP contribution in [0, 0.1) is 6.92 Å². The van der Waals surface area contributed by atoms with E-state index in [0.29, 0.717) is 0 Å². The van der Waals surface area contributed by atoms with E-state index in [9.17, 15) is 4.79 Å². The minimum atomic E-state index is -0.370. The fourth-order valence-electron chi connectivity index (χ4n) is 3.21. The van der Waals surface area contributed by atoms with Crippen LogP contribution >= 0.6 is 0 Å². The van der Waals surface area contributed by atoms with Crippen molar-refractivity contribution in [2.24, 2.45) is 5.10 Å². The van der Waals surface area contributed by atoms with Gasteiger partial charge in [0, 0.05) is 11.3 Å². The highest BCUT2D eigenvalue weighted by Crippen LogP contribution is 2.27. The van der Waals surface area contributed by atoms with Crippen molar-refractivity contribution < 1.29 is 4.79 Å². The molecule has 132 valence electrons. The lowest BCUT2D eigenvalue weighted by Crippen LogP contribution is -2.24. The van der Waals surface area contributed by atoms with Gasteiger partial charge >= 0.3 is 6.03 Å². The lowest BCUT2D eigenvalue weighted by atomic mass is 9.97. The first-order valence-electron chi connectivity index (χ1n) is 8.78. The van der Waals surface area contributed by atoms with Gasteiger partial charge in [0.15, 0.2) is 0 Å². The Hall–Kier alpha value is -3.66. The number of rotatable bonds is 3. The van der Waals surface area contributed by atoms with Crippen LogP contribution in [0.15, 0.2) is 84.0 Å².